The van der Waals surface area contributed by atoms with Crippen molar-refractivity contribution in [1.82, 2.24) is 9.97 Å². The largest absolute Gasteiger partial charge is 0.494 e. The minimum absolute atomic E-state index is 0.169. The van der Waals surface area contributed by atoms with Gasteiger partial charge in [0.15, 0.2) is 0 Å². The molecular formula is C16H17N3O5. The third-order valence-corrected chi connectivity index (χ3v) is 3.14. The lowest BCUT2D eigenvalue weighted by molar-refractivity contribution is 0.0500. The number of aromatic amines is 2. The van der Waals surface area contributed by atoms with E-state index in [4.69, 9.17) is 4.74 Å². The summed E-state index contributed by atoms with van der Waals surface area (Å²) in [6, 6.07) is 6.25. The SMILES string of the molecule is CCCCOC(=O)c1ccc(N=Cc2c(O)[nH]c(=O)[nH]c2=O)cc1. The predicted molar refractivity (Wildman–Crippen MR) is 88.2 cm³/mol. The second-order valence-electron chi connectivity index (χ2n) is 4.97. The molecule has 0 aliphatic carbocycles. The highest BCUT2D eigenvalue weighted by atomic mass is 16.5. The summed E-state index contributed by atoms with van der Waals surface area (Å²) in [5, 5.41) is 9.54. The maximum atomic E-state index is 11.8. The molecule has 1 heterocycles. The molecular weight excluding hydrogens is 314 g/mol. The maximum absolute atomic E-state index is 11.8. The molecule has 8 nitrogen and oxygen atoms in total. The first-order valence-electron chi connectivity index (χ1n) is 7.38. The zero-order valence-electron chi connectivity index (χ0n) is 13.0. The number of nitrogens with one attached hydrogen (secondary N) is 2. The molecule has 2 aromatic rings. The van der Waals surface area contributed by atoms with Crippen molar-refractivity contribution in [2.24, 2.45) is 4.99 Å². The van der Waals surface area contributed by atoms with Crippen LogP contribution in [0.4, 0.5) is 5.69 Å². The number of ether oxygens (including phenoxy) is 1. The number of aromatic nitrogens is 2. The molecule has 0 aliphatic heterocycles. The van der Waals surface area contributed by atoms with E-state index in [9.17, 15) is 19.5 Å². The van der Waals surface area contributed by atoms with Crippen molar-refractivity contribution < 1.29 is 14.6 Å². The van der Waals surface area contributed by atoms with Crippen LogP contribution in [0.5, 0.6) is 5.88 Å². The molecule has 24 heavy (non-hydrogen) atoms. The average Bonchev–Trinajstić information content (AvgIpc) is 2.54. The molecule has 0 amide bonds. The van der Waals surface area contributed by atoms with Crippen molar-refractivity contribution >= 4 is 17.9 Å². The first-order valence-corrected chi connectivity index (χ1v) is 7.38. The standard InChI is InChI=1S/C16H17N3O5/c1-2-3-8-24-15(22)10-4-6-11(7-5-10)17-9-12-13(20)18-16(23)19-14(12)21/h4-7,9H,2-3,8H2,1H3,(H3,18,19,20,21,23). The van der Waals surface area contributed by atoms with E-state index in [1.165, 1.54) is 0 Å². The summed E-state index contributed by atoms with van der Waals surface area (Å²) in [6.45, 7) is 2.38. The summed E-state index contributed by atoms with van der Waals surface area (Å²) in [5.41, 5.74) is -0.866. The molecule has 0 bridgehead atoms. The zero-order chi connectivity index (χ0) is 17.5. The molecule has 1 aromatic carbocycles. The van der Waals surface area contributed by atoms with Gasteiger partial charge in [-0.2, -0.15) is 0 Å². The van der Waals surface area contributed by atoms with E-state index in [0.717, 1.165) is 19.1 Å². The lowest BCUT2D eigenvalue weighted by Crippen LogP contribution is -2.24. The summed E-state index contributed by atoms with van der Waals surface area (Å²) in [6.07, 6.45) is 2.88. The lowest BCUT2D eigenvalue weighted by atomic mass is 10.2. The molecule has 3 N–H and O–H groups in total. The second-order valence-corrected chi connectivity index (χ2v) is 4.97. The fourth-order valence-electron chi connectivity index (χ4n) is 1.82. The van der Waals surface area contributed by atoms with E-state index < -0.39 is 23.1 Å². The van der Waals surface area contributed by atoms with Gasteiger partial charge in [-0.05, 0) is 30.7 Å². The first kappa shape index (κ1) is 17.2. The van der Waals surface area contributed by atoms with Crippen LogP contribution in [-0.2, 0) is 4.74 Å². The molecule has 0 fully saturated rings. The molecule has 1 aromatic heterocycles. The van der Waals surface area contributed by atoms with Crippen molar-refractivity contribution in [2.45, 2.75) is 19.8 Å². The Labute approximate surface area is 136 Å². The maximum Gasteiger partial charge on any atom is 0.338 e. The van der Waals surface area contributed by atoms with Crippen molar-refractivity contribution in [3.05, 3.63) is 56.2 Å². The third-order valence-electron chi connectivity index (χ3n) is 3.14. The van der Waals surface area contributed by atoms with Crippen molar-refractivity contribution in [3.63, 3.8) is 0 Å². The molecule has 0 saturated carbocycles. The quantitative estimate of drug-likeness (QED) is 0.420. The topological polar surface area (TPSA) is 125 Å². The van der Waals surface area contributed by atoms with E-state index >= 15 is 0 Å². The molecule has 0 unspecified atom stereocenters. The Hall–Kier alpha value is -3.16. The highest BCUT2D eigenvalue weighted by molar-refractivity contribution is 5.90. The zero-order valence-corrected chi connectivity index (χ0v) is 13.0. The average molecular weight is 331 g/mol. The molecule has 0 spiro atoms. The number of aromatic hydroxyl groups is 1. The monoisotopic (exact) mass is 331 g/mol. The fourth-order valence-corrected chi connectivity index (χ4v) is 1.82. The van der Waals surface area contributed by atoms with Crippen LogP contribution in [-0.4, -0.2) is 33.9 Å². The van der Waals surface area contributed by atoms with Crippen molar-refractivity contribution in [1.29, 1.82) is 0 Å². The van der Waals surface area contributed by atoms with E-state index in [0.29, 0.717) is 17.9 Å². The van der Waals surface area contributed by atoms with Gasteiger partial charge in [0.25, 0.3) is 5.56 Å². The van der Waals surface area contributed by atoms with E-state index in [2.05, 4.69) is 9.98 Å². The normalized spacial score (nSPS) is 10.9. The number of H-pyrrole nitrogens is 2. The number of aliphatic imine (C=N–C) groups is 1. The fraction of sp³-hybridized carbons (Fsp3) is 0.250. The van der Waals surface area contributed by atoms with E-state index in [1.54, 1.807) is 24.3 Å². The number of hydrogen-bond donors (Lipinski definition) is 3. The Kier molecular flexibility index (Phi) is 5.67. The van der Waals surface area contributed by atoms with Crippen molar-refractivity contribution in [2.75, 3.05) is 6.61 Å². The van der Waals surface area contributed by atoms with Crippen LogP contribution in [0.3, 0.4) is 0 Å². The van der Waals surface area contributed by atoms with Gasteiger partial charge in [-0.3, -0.25) is 19.8 Å². The highest BCUT2D eigenvalue weighted by Crippen LogP contribution is 2.14. The molecule has 2 rings (SSSR count). The van der Waals surface area contributed by atoms with Crippen LogP contribution in [0.15, 0.2) is 38.8 Å². The van der Waals surface area contributed by atoms with Gasteiger partial charge in [-0.15, -0.1) is 0 Å². The summed E-state index contributed by atoms with van der Waals surface area (Å²) < 4.78 is 5.09. The minimum Gasteiger partial charge on any atom is -0.494 e. The number of carbonyl (C=O) groups is 1. The molecule has 0 radical (unpaired) electrons. The molecule has 8 heteroatoms. The second kappa shape index (κ2) is 7.91. The Morgan fingerprint density at radius 2 is 1.96 bits per heavy atom. The van der Waals surface area contributed by atoms with Crippen LogP contribution >= 0.6 is 0 Å². The number of nitrogens with zero attached hydrogens (tertiary/aromatic N) is 1. The smallest absolute Gasteiger partial charge is 0.338 e. The van der Waals surface area contributed by atoms with Gasteiger partial charge in [0.05, 0.1) is 17.9 Å². The highest BCUT2D eigenvalue weighted by Gasteiger charge is 2.07. The Balaban J connectivity index is 2.10. The first-order chi connectivity index (χ1) is 11.5. The van der Waals surface area contributed by atoms with Gasteiger partial charge < -0.3 is 9.84 Å². The van der Waals surface area contributed by atoms with Gasteiger partial charge in [0, 0.05) is 6.21 Å². The van der Waals surface area contributed by atoms with Crippen molar-refractivity contribution in [3.8, 4) is 5.88 Å². The summed E-state index contributed by atoms with van der Waals surface area (Å²) >= 11 is 0. The number of hydrogen-bond acceptors (Lipinski definition) is 6. The van der Waals surface area contributed by atoms with Crippen LogP contribution in [0, 0.1) is 0 Å². The molecule has 0 aliphatic rings. The number of rotatable bonds is 6. The van der Waals surface area contributed by atoms with Gasteiger partial charge in [0.1, 0.15) is 5.56 Å². The van der Waals surface area contributed by atoms with Gasteiger partial charge >= 0.3 is 11.7 Å². The van der Waals surface area contributed by atoms with Crippen LogP contribution < -0.4 is 11.2 Å². The van der Waals surface area contributed by atoms with Crippen LogP contribution in [0.2, 0.25) is 0 Å². The predicted octanol–water partition coefficient (Wildman–Crippen LogP) is 1.48. The number of benzene rings is 1. The number of unbranched alkanes of at least 4 members (excludes halogenated alkanes) is 1. The van der Waals surface area contributed by atoms with Crippen LogP contribution in [0.25, 0.3) is 0 Å². The molecule has 0 atom stereocenters. The summed E-state index contributed by atoms with van der Waals surface area (Å²) in [5.74, 6) is -0.975. The van der Waals surface area contributed by atoms with E-state index in [1.807, 2.05) is 11.9 Å². The lowest BCUT2D eigenvalue weighted by Gasteiger charge is -2.03. The third kappa shape index (κ3) is 4.42. The number of esters is 1. The molecule has 126 valence electrons. The number of carbonyl (C=O) groups excluding carboxylic acids is 1. The summed E-state index contributed by atoms with van der Waals surface area (Å²) in [4.78, 5) is 42.4. The van der Waals surface area contributed by atoms with Gasteiger partial charge in [-0.1, -0.05) is 13.3 Å². The summed E-state index contributed by atoms with van der Waals surface area (Å²) in [7, 11) is 0. The van der Waals surface area contributed by atoms with Gasteiger partial charge in [0.2, 0.25) is 5.88 Å². The Bertz CT molecular complexity index is 849. The molecule has 0 saturated heterocycles. The van der Waals surface area contributed by atoms with E-state index in [-0.39, 0.29) is 5.56 Å². The van der Waals surface area contributed by atoms with Crippen LogP contribution in [0.1, 0.15) is 35.7 Å². The Morgan fingerprint density at radius 1 is 1.25 bits per heavy atom. The van der Waals surface area contributed by atoms with Gasteiger partial charge in [-0.25, -0.2) is 9.59 Å². The minimum atomic E-state index is -0.805. The Morgan fingerprint density at radius 3 is 2.58 bits per heavy atom.